The van der Waals surface area contributed by atoms with Gasteiger partial charge < -0.3 is 20.2 Å². The molecule has 0 aliphatic carbocycles. The summed E-state index contributed by atoms with van der Waals surface area (Å²) in [6, 6.07) is 0. The maximum atomic E-state index is 12.6. The third kappa shape index (κ3) is 19.4. The maximum Gasteiger partial charge on any atom is 0.254 e. The molecule has 0 rings (SSSR count). The van der Waals surface area contributed by atoms with Crippen LogP contribution >= 0.6 is 0 Å². The molecule has 0 bridgehead atoms. The highest BCUT2D eigenvalue weighted by Crippen LogP contribution is 2.14. The van der Waals surface area contributed by atoms with E-state index in [-0.39, 0.29) is 0 Å². The molecule has 1 amide bonds. The lowest BCUT2D eigenvalue weighted by atomic mass is 10.1. The molecule has 0 aromatic rings. The molecule has 0 aliphatic rings. The van der Waals surface area contributed by atoms with E-state index in [9.17, 15) is 15.0 Å². The number of carbonyl (C=O) groups excluding carboxylic acids is 1. The topological polar surface area (TPSA) is 81.0 Å². The molecule has 0 spiro atoms. The Hall–Kier alpha value is -0.650. The van der Waals surface area contributed by atoms with Crippen molar-refractivity contribution in [1.82, 2.24) is 4.90 Å². The Kier molecular flexibility index (Phi) is 24.0. The van der Waals surface area contributed by atoms with Gasteiger partial charge in [-0.15, -0.1) is 0 Å². The summed E-state index contributed by atoms with van der Waals surface area (Å²) in [5, 5.41) is 28.9. The van der Waals surface area contributed by atoms with Gasteiger partial charge >= 0.3 is 0 Å². The van der Waals surface area contributed by atoms with E-state index in [2.05, 4.69) is 13.8 Å². The van der Waals surface area contributed by atoms with Crippen molar-refractivity contribution in [1.29, 1.82) is 0 Å². The minimum atomic E-state index is -1.53. The Balaban J connectivity index is 4.09. The van der Waals surface area contributed by atoms with E-state index in [1.54, 1.807) is 4.90 Å². The molecule has 0 radical (unpaired) electrons. The van der Waals surface area contributed by atoms with Crippen LogP contribution in [0.3, 0.4) is 0 Å². The van der Waals surface area contributed by atoms with Gasteiger partial charge in [0.15, 0.2) is 6.10 Å². The Bertz CT molecular complexity index is 395. The lowest BCUT2D eigenvalue weighted by Crippen LogP contribution is -2.46. The summed E-state index contributed by atoms with van der Waals surface area (Å²) in [4.78, 5) is 14.3. The van der Waals surface area contributed by atoms with Crippen LogP contribution < -0.4 is 0 Å². The minimum Gasteiger partial charge on any atom is -0.394 e. The average molecular weight is 472 g/mol. The van der Waals surface area contributed by atoms with E-state index in [4.69, 9.17) is 5.11 Å². The highest BCUT2D eigenvalue weighted by Gasteiger charge is 2.27. The second-order valence-corrected chi connectivity index (χ2v) is 9.88. The third-order valence-corrected chi connectivity index (χ3v) is 6.68. The Morgan fingerprint density at radius 3 is 1.18 bits per heavy atom. The molecule has 0 saturated heterocycles. The zero-order valence-electron chi connectivity index (χ0n) is 22.1. The van der Waals surface area contributed by atoms with Gasteiger partial charge in [-0.25, -0.2) is 0 Å². The molecule has 3 N–H and O–H groups in total. The summed E-state index contributed by atoms with van der Waals surface area (Å²) in [6.45, 7) is 5.14. The van der Waals surface area contributed by atoms with Crippen molar-refractivity contribution in [2.45, 2.75) is 154 Å². The van der Waals surface area contributed by atoms with Crippen molar-refractivity contribution in [3.63, 3.8) is 0 Å². The van der Waals surface area contributed by atoms with E-state index in [1.165, 1.54) is 103 Å². The molecule has 0 saturated carbocycles. The molecule has 33 heavy (non-hydrogen) atoms. The Labute approximate surface area is 205 Å². The van der Waals surface area contributed by atoms with Crippen molar-refractivity contribution in [3.8, 4) is 0 Å². The fraction of sp³-hybridized carbons (Fsp3) is 0.964. The molecular formula is C28H57NO4. The molecule has 198 valence electrons. The Morgan fingerprint density at radius 1 is 0.576 bits per heavy atom. The third-order valence-electron chi connectivity index (χ3n) is 6.68. The number of amides is 1. The molecule has 2 unspecified atom stereocenters. The highest BCUT2D eigenvalue weighted by molar-refractivity contribution is 5.81. The second kappa shape index (κ2) is 24.5. The second-order valence-electron chi connectivity index (χ2n) is 9.88. The monoisotopic (exact) mass is 471 g/mol. The van der Waals surface area contributed by atoms with Gasteiger partial charge in [-0.3, -0.25) is 4.79 Å². The molecule has 5 nitrogen and oxygen atoms in total. The first-order valence-corrected chi connectivity index (χ1v) is 14.3. The van der Waals surface area contributed by atoms with Crippen LogP contribution in [0.5, 0.6) is 0 Å². The zero-order valence-corrected chi connectivity index (χ0v) is 22.1. The molecule has 0 aromatic carbocycles. The molecule has 0 heterocycles. The van der Waals surface area contributed by atoms with E-state index >= 15 is 0 Å². The van der Waals surface area contributed by atoms with E-state index < -0.39 is 24.7 Å². The number of aliphatic hydroxyl groups excluding tert-OH is 3. The number of nitrogens with zero attached hydrogens (tertiary/aromatic N) is 1. The van der Waals surface area contributed by atoms with Crippen LogP contribution in [0.1, 0.15) is 142 Å². The summed E-state index contributed by atoms with van der Waals surface area (Å²) in [5.41, 5.74) is 0. The quantitative estimate of drug-likeness (QED) is 0.135. The van der Waals surface area contributed by atoms with Crippen LogP contribution in [0.2, 0.25) is 0 Å². The van der Waals surface area contributed by atoms with Crippen molar-refractivity contribution in [3.05, 3.63) is 0 Å². The fourth-order valence-electron chi connectivity index (χ4n) is 4.36. The summed E-state index contributed by atoms with van der Waals surface area (Å²) >= 11 is 0. The van der Waals surface area contributed by atoms with Gasteiger partial charge in [-0.05, 0) is 12.8 Å². The van der Waals surface area contributed by atoms with Crippen LogP contribution in [-0.2, 0) is 4.79 Å². The predicted octanol–water partition coefficient (Wildman–Crippen LogP) is 6.37. The number of hydrogen-bond donors (Lipinski definition) is 3. The molecule has 0 fully saturated rings. The average Bonchev–Trinajstić information content (AvgIpc) is 2.83. The number of carbonyl (C=O) groups is 1. The lowest BCUT2D eigenvalue weighted by molar-refractivity contribution is -0.148. The van der Waals surface area contributed by atoms with Gasteiger partial charge in [-0.1, -0.05) is 129 Å². The number of unbranched alkanes of at least 4 members (excludes halogenated alkanes) is 18. The van der Waals surface area contributed by atoms with Gasteiger partial charge in [0, 0.05) is 13.1 Å². The summed E-state index contributed by atoms with van der Waals surface area (Å²) in [5.74, 6) is -0.441. The van der Waals surface area contributed by atoms with Crippen LogP contribution in [0.4, 0.5) is 0 Å². The Morgan fingerprint density at radius 2 is 0.879 bits per heavy atom. The lowest BCUT2D eigenvalue weighted by Gasteiger charge is -2.27. The highest BCUT2D eigenvalue weighted by atomic mass is 16.4. The largest absolute Gasteiger partial charge is 0.394 e. The molecule has 0 aliphatic heterocycles. The van der Waals surface area contributed by atoms with Gasteiger partial charge in [0.25, 0.3) is 5.91 Å². The van der Waals surface area contributed by atoms with E-state index in [0.29, 0.717) is 13.1 Å². The van der Waals surface area contributed by atoms with Crippen LogP contribution in [0.25, 0.3) is 0 Å². The standard InChI is InChI=1S/C28H57NO4/c1-3-5-7-9-11-13-15-17-19-21-23-29(28(33)27(32)26(31)25-30)24-22-20-18-16-14-12-10-8-6-4-2/h26-27,30-32H,3-25H2,1-2H3. The number of hydrogen-bond acceptors (Lipinski definition) is 4. The van der Waals surface area contributed by atoms with Gasteiger partial charge in [0.05, 0.1) is 6.61 Å². The maximum absolute atomic E-state index is 12.6. The number of aliphatic hydroxyl groups is 3. The van der Waals surface area contributed by atoms with Crippen LogP contribution in [-0.4, -0.2) is 58.0 Å². The molecule has 5 heteroatoms. The zero-order chi connectivity index (χ0) is 24.6. The van der Waals surface area contributed by atoms with Crippen molar-refractivity contribution >= 4 is 5.91 Å². The molecule has 0 aromatic heterocycles. The SMILES string of the molecule is CCCCCCCCCCCCN(CCCCCCCCCCCC)C(=O)C(O)C(O)CO. The van der Waals surface area contributed by atoms with Gasteiger partial charge in [0.1, 0.15) is 6.10 Å². The van der Waals surface area contributed by atoms with E-state index in [0.717, 1.165) is 25.7 Å². The first kappa shape index (κ1) is 32.4. The smallest absolute Gasteiger partial charge is 0.254 e. The minimum absolute atomic E-state index is 0.441. The summed E-state index contributed by atoms with van der Waals surface area (Å²) in [6.07, 6.45) is 21.9. The first-order chi connectivity index (χ1) is 16.1. The van der Waals surface area contributed by atoms with Gasteiger partial charge in [0.2, 0.25) is 0 Å². The van der Waals surface area contributed by atoms with E-state index in [1.807, 2.05) is 0 Å². The first-order valence-electron chi connectivity index (χ1n) is 14.3. The van der Waals surface area contributed by atoms with Crippen molar-refractivity contribution in [2.75, 3.05) is 19.7 Å². The summed E-state index contributed by atoms with van der Waals surface area (Å²) in [7, 11) is 0. The molecule has 2 atom stereocenters. The predicted molar refractivity (Wildman–Crippen MR) is 139 cm³/mol. The van der Waals surface area contributed by atoms with Crippen LogP contribution in [0.15, 0.2) is 0 Å². The van der Waals surface area contributed by atoms with Gasteiger partial charge in [-0.2, -0.15) is 0 Å². The molecular weight excluding hydrogens is 414 g/mol. The fourth-order valence-corrected chi connectivity index (χ4v) is 4.36. The van der Waals surface area contributed by atoms with Crippen molar-refractivity contribution < 1.29 is 20.1 Å². The van der Waals surface area contributed by atoms with Crippen molar-refractivity contribution in [2.24, 2.45) is 0 Å². The van der Waals surface area contributed by atoms with Crippen LogP contribution in [0, 0.1) is 0 Å². The normalized spacial score (nSPS) is 13.2. The number of rotatable bonds is 25. The summed E-state index contributed by atoms with van der Waals surface area (Å²) < 4.78 is 0.